The highest BCUT2D eigenvalue weighted by Gasteiger charge is 2.48. The van der Waals surface area contributed by atoms with Gasteiger partial charge in [0, 0.05) is 38.3 Å². The third-order valence-electron chi connectivity index (χ3n) is 6.14. The van der Waals surface area contributed by atoms with Crippen LogP contribution in [0.1, 0.15) is 34.8 Å². The van der Waals surface area contributed by atoms with Crippen LogP contribution in [0, 0.1) is 5.82 Å². The number of furan rings is 1. The van der Waals surface area contributed by atoms with Crippen molar-refractivity contribution < 1.29 is 26.8 Å². The zero-order valence-corrected chi connectivity index (χ0v) is 18.5. The van der Waals surface area contributed by atoms with Gasteiger partial charge in [0.15, 0.2) is 11.7 Å². The van der Waals surface area contributed by atoms with Crippen LogP contribution in [0.5, 0.6) is 0 Å². The van der Waals surface area contributed by atoms with E-state index in [1.54, 1.807) is 24.3 Å². The maximum atomic E-state index is 13.9. The number of alkyl halides is 3. The van der Waals surface area contributed by atoms with Crippen LogP contribution in [0.4, 0.5) is 29.1 Å². The molecular weight excluding hydrogens is 478 g/mol. The lowest BCUT2D eigenvalue weighted by Crippen LogP contribution is -2.49. The van der Waals surface area contributed by atoms with Gasteiger partial charge in [-0.1, -0.05) is 11.6 Å². The summed E-state index contributed by atoms with van der Waals surface area (Å²) in [5.74, 6) is -0.605. The molecule has 1 aromatic carbocycles. The number of amides is 1. The molecule has 0 aliphatic carbocycles. The summed E-state index contributed by atoms with van der Waals surface area (Å²) in [4.78, 5) is 16.7. The molecule has 34 heavy (non-hydrogen) atoms. The van der Waals surface area contributed by atoms with Crippen LogP contribution < -0.4 is 10.2 Å². The van der Waals surface area contributed by atoms with E-state index >= 15 is 0 Å². The number of piperazine rings is 1. The van der Waals surface area contributed by atoms with Gasteiger partial charge >= 0.3 is 6.18 Å². The molecule has 2 aliphatic heterocycles. The van der Waals surface area contributed by atoms with E-state index in [0.29, 0.717) is 31.9 Å². The van der Waals surface area contributed by atoms with Crippen molar-refractivity contribution in [2.75, 3.05) is 36.4 Å². The Morgan fingerprint density at radius 1 is 1.12 bits per heavy atom. The Morgan fingerprint density at radius 2 is 1.82 bits per heavy atom. The summed E-state index contributed by atoms with van der Waals surface area (Å²) in [6.45, 7) is 1.60. The second kappa shape index (κ2) is 8.53. The smallest absolute Gasteiger partial charge is 0.410 e. The first-order valence-corrected chi connectivity index (χ1v) is 11.0. The first kappa shape index (κ1) is 22.6. The van der Waals surface area contributed by atoms with E-state index in [4.69, 9.17) is 16.0 Å². The van der Waals surface area contributed by atoms with E-state index in [1.807, 2.05) is 4.90 Å². The number of anilines is 2. The van der Waals surface area contributed by atoms with E-state index < -0.39 is 24.2 Å². The van der Waals surface area contributed by atoms with Crippen molar-refractivity contribution in [1.29, 1.82) is 0 Å². The highest BCUT2D eigenvalue weighted by molar-refractivity contribution is 6.36. The lowest BCUT2D eigenvalue weighted by atomic mass is 10.0. The van der Waals surface area contributed by atoms with Gasteiger partial charge in [0.1, 0.15) is 22.4 Å². The van der Waals surface area contributed by atoms with Gasteiger partial charge in [-0.15, -0.1) is 0 Å². The van der Waals surface area contributed by atoms with Gasteiger partial charge in [-0.2, -0.15) is 18.3 Å². The summed E-state index contributed by atoms with van der Waals surface area (Å²) in [6.07, 6.45) is -3.57. The van der Waals surface area contributed by atoms with Gasteiger partial charge in [0.05, 0.1) is 12.3 Å². The molecule has 12 heteroatoms. The molecule has 1 amide bonds. The predicted octanol–water partition coefficient (Wildman–Crippen LogP) is 4.89. The number of nitrogens with zero attached hydrogens (tertiary/aromatic N) is 4. The van der Waals surface area contributed by atoms with Gasteiger partial charge in [-0.25, -0.2) is 9.07 Å². The molecule has 5 rings (SSSR count). The fourth-order valence-corrected chi connectivity index (χ4v) is 4.63. The Balaban J connectivity index is 1.37. The fourth-order valence-electron chi connectivity index (χ4n) is 4.37. The molecule has 0 radical (unpaired) electrons. The maximum absolute atomic E-state index is 13.9. The molecule has 0 saturated carbocycles. The average Bonchev–Trinajstić information content (AvgIpc) is 3.47. The molecule has 2 aliphatic rings. The van der Waals surface area contributed by atoms with Crippen LogP contribution in [0.3, 0.4) is 0 Å². The van der Waals surface area contributed by atoms with Crippen molar-refractivity contribution in [2.45, 2.75) is 24.7 Å². The number of carbonyl (C=O) groups excluding carboxylic acids is 1. The van der Waals surface area contributed by atoms with Crippen LogP contribution in [0.15, 0.2) is 47.1 Å². The number of nitrogens with one attached hydrogen (secondary N) is 1. The number of fused-ring (bicyclic) bond motifs is 1. The Bertz CT molecular complexity index is 1170. The van der Waals surface area contributed by atoms with E-state index in [1.165, 1.54) is 23.3 Å². The van der Waals surface area contributed by atoms with Crippen LogP contribution in [-0.4, -0.2) is 52.9 Å². The molecule has 1 fully saturated rings. The van der Waals surface area contributed by atoms with E-state index in [0.717, 1.165) is 10.4 Å². The van der Waals surface area contributed by atoms with Gasteiger partial charge in [0.2, 0.25) is 0 Å². The minimum atomic E-state index is -4.60. The van der Waals surface area contributed by atoms with Gasteiger partial charge in [-0.05, 0) is 36.4 Å². The van der Waals surface area contributed by atoms with Crippen molar-refractivity contribution in [2.24, 2.45) is 0 Å². The third kappa shape index (κ3) is 4.08. The maximum Gasteiger partial charge on any atom is 0.410 e. The van der Waals surface area contributed by atoms with Gasteiger partial charge in [-0.3, -0.25) is 4.79 Å². The van der Waals surface area contributed by atoms with Crippen LogP contribution in [0.2, 0.25) is 5.02 Å². The largest absolute Gasteiger partial charge is 0.467 e. The standard InChI is InChI=1S/C22H20ClF4N5O2/c23-18-19(21(33)31-9-7-30(8-10-31)14-5-3-13(24)4-6-14)29-32-17(22(25,26)27)12-15(28-20(18)32)16-2-1-11-34-16/h1-6,11,15,17,28H,7-10,12H2/t15-,17+/m1/s1. The predicted molar refractivity (Wildman–Crippen MR) is 117 cm³/mol. The summed E-state index contributed by atoms with van der Waals surface area (Å²) >= 11 is 6.40. The number of aromatic nitrogens is 2. The molecule has 180 valence electrons. The highest BCUT2D eigenvalue weighted by Crippen LogP contribution is 2.46. The fraction of sp³-hybridized carbons (Fsp3) is 0.364. The van der Waals surface area contributed by atoms with Crippen LogP contribution in [0.25, 0.3) is 0 Å². The molecular formula is C22H20ClF4N5O2. The van der Waals surface area contributed by atoms with Crippen molar-refractivity contribution in [1.82, 2.24) is 14.7 Å². The van der Waals surface area contributed by atoms with E-state index in [-0.39, 0.29) is 28.8 Å². The second-order valence-electron chi connectivity index (χ2n) is 8.22. The summed E-state index contributed by atoms with van der Waals surface area (Å²) in [6, 6.07) is 6.48. The topological polar surface area (TPSA) is 66.5 Å². The lowest BCUT2D eigenvalue weighted by molar-refractivity contribution is -0.174. The van der Waals surface area contributed by atoms with E-state index in [2.05, 4.69) is 10.4 Å². The van der Waals surface area contributed by atoms with Crippen molar-refractivity contribution in [3.05, 3.63) is 65.0 Å². The molecule has 3 aromatic rings. The number of carbonyl (C=O) groups is 1. The number of hydrogen-bond acceptors (Lipinski definition) is 5. The number of hydrogen-bond donors (Lipinski definition) is 1. The Labute approximate surface area is 196 Å². The summed E-state index contributed by atoms with van der Waals surface area (Å²) in [7, 11) is 0. The number of halogens is 5. The third-order valence-corrected chi connectivity index (χ3v) is 6.50. The van der Waals surface area contributed by atoms with Crippen molar-refractivity contribution in [3.63, 3.8) is 0 Å². The molecule has 0 spiro atoms. The molecule has 0 unspecified atom stereocenters. The molecule has 0 bridgehead atoms. The van der Waals surface area contributed by atoms with Gasteiger partial charge < -0.3 is 19.5 Å². The lowest BCUT2D eigenvalue weighted by Gasteiger charge is -2.35. The molecule has 1 saturated heterocycles. The minimum Gasteiger partial charge on any atom is -0.467 e. The Morgan fingerprint density at radius 3 is 2.44 bits per heavy atom. The Kier molecular flexibility index (Phi) is 5.67. The first-order chi connectivity index (χ1) is 16.2. The average molecular weight is 498 g/mol. The summed E-state index contributed by atoms with van der Waals surface area (Å²) in [5.41, 5.74) is 0.596. The zero-order valence-electron chi connectivity index (χ0n) is 17.7. The van der Waals surface area contributed by atoms with Crippen molar-refractivity contribution in [3.8, 4) is 0 Å². The number of benzene rings is 1. The molecule has 4 heterocycles. The molecule has 2 aromatic heterocycles. The second-order valence-corrected chi connectivity index (χ2v) is 8.59. The van der Waals surface area contributed by atoms with Crippen molar-refractivity contribution >= 4 is 29.0 Å². The Hall–Kier alpha value is -3.21. The molecule has 7 nitrogen and oxygen atoms in total. The first-order valence-electron chi connectivity index (χ1n) is 10.7. The van der Waals surface area contributed by atoms with Crippen LogP contribution >= 0.6 is 11.6 Å². The molecule has 2 atom stereocenters. The van der Waals surface area contributed by atoms with E-state index in [9.17, 15) is 22.4 Å². The van der Waals surface area contributed by atoms with Gasteiger partial charge in [0.25, 0.3) is 5.91 Å². The monoisotopic (exact) mass is 497 g/mol. The summed E-state index contributed by atoms with van der Waals surface area (Å²) < 4.78 is 60.8. The zero-order chi connectivity index (χ0) is 24.0. The molecule has 1 N–H and O–H groups in total. The number of rotatable bonds is 3. The minimum absolute atomic E-state index is 0.0649. The van der Waals surface area contributed by atoms with Crippen LogP contribution in [-0.2, 0) is 0 Å². The quantitative estimate of drug-likeness (QED) is 0.522. The SMILES string of the molecule is O=C(c1nn2c(c1Cl)N[C@@H](c1ccco1)C[C@H]2C(F)(F)F)N1CCN(c2ccc(F)cc2)CC1. The normalized spacial score (nSPS) is 20.7. The summed E-state index contributed by atoms with van der Waals surface area (Å²) in [5, 5.41) is 6.79. The highest BCUT2D eigenvalue weighted by atomic mass is 35.5.